The van der Waals surface area contributed by atoms with Crippen LogP contribution in [0.4, 0.5) is 5.82 Å². The lowest BCUT2D eigenvalue weighted by Gasteiger charge is -2.32. The second kappa shape index (κ2) is 9.70. The van der Waals surface area contributed by atoms with Crippen LogP contribution in [-0.2, 0) is 18.4 Å². The lowest BCUT2D eigenvalue weighted by Crippen LogP contribution is -2.50. The molecule has 2 amide bonds. The average molecular weight is 481 g/mol. The summed E-state index contributed by atoms with van der Waals surface area (Å²) >= 11 is 0. The van der Waals surface area contributed by atoms with E-state index in [2.05, 4.69) is 46.9 Å². The zero-order chi connectivity index (χ0) is 25.2. The summed E-state index contributed by atoms with van der Waals surface area (Å²) in [5.41, 5.74) is 5.38. The first-order valence-corrected chi connectivity index (χ1v) is 11.9. The molecule has 0 bridgehead atoms. The minimum Gasteiger partial charge on any atom is -0.489 e. The van der Waals surface area contributed by atoms with E-state index in [9.17, 15) is 9.59 Å². The van der Waals surface area contributed by atoms with Crippen molar-refractivity contribution in [1.29, 1.82) is 0 Å². The molecule has 7 heteroatoms. The number of rotatable bonds is 6. The van der Waals surface area contributed by atoms with Crippen molar-refractivity contribution in [2.24, 2.45) is 7.05 Å². The molecule has 2 N–H and O–H groups in total. The van der Waals surface area contributed by atoms with Gasteiger partial charge in [0.1, 0.15) is 24.2 Å². The van der Waals surface area contributed by atoms with Crippen LogP contribution in [0.2, 0.25) is 0 Å². The molecule has 1 aromatic heterocycles. The zero-order valence-electron chi connectivity index (χ0n) is 20.5. The number of hydrogen-bond acceptors (Lipinski definition) is 4. The number of carbonyl (C=O) groups excluding carboxylic acids is 2. The number of aryl methyl sites for hydroxylation is 3. The molecule has 2 atom stereocenters. The second-order valence-electron chi connectivity index (χ2n) is 9.10. The molecular weight excluding hydrogens is 452 g/mol. The second-order valence-corrected chi connectivity index (χ2v) is 9.10. The van der Waals surface area contributed by atoms with Gasteiger partial charge in [0, 0.05) is 24.1 Å². The maximum Gasteiger partial charge on any atom is 0.251 e. The van der Waals surface area contributed by atoms with Gasteiger partial charge in [0.05, 0.1) is 5.69 Å². The van der Waals surface area contributed by atoms with Crippen LogP contribution >= 0.6 is 0 Å². The van der Waals surface area contributed by atoms with Crippen LogP contribution < -0.4 is 15.4 Å². The molecule has 0 radical (unpaired) electrons. The van der Waals surface area contributed by atoms with E-state index in [1.165, 1.54) is 5.56 Å². The normalized spacial score (nSPS) is 16.7. The molecule has 0 spiro atoms. The van der Waals surface area contributed by atoms with E-state index in [1.807, 2.05) is 37.3 Å². The molecule has 7 nitrogen and oxygen atoms in total. The molecule has 1 aliphatic rings. The Morgan fingerprint density at radius 3 is 2.39 bits per heavy atom. The zero-order valence-corrected chi connectivity index (χ0v) is 20.5. The molecule has 2 heterocycles. The third-order valence-electron chi connectivity index (χ3n) is 6.52. The predicted molar refractivity (Wildman–Crippen MR) is 138 cm³/mol. The Hall–Kier alpha value is -4.39. The Bertz CT molecular complexity index is 1390. The van der Waals surface area contributed by atoms with Gasteiger partial charge in [-0.15, -0.1) is 0 Å². The van der Waals surface area contributed by atoms with Crippen LogP contribution in [0, 0.1) is 13.8 Å². The van der Waals surface area contributed by atoms with Gasteiger partial charge in [0.25, 0.3) is 5.91 Å². The molecule has 1 aliphatic heterocycles. The van der Waals surface area contributed by atoms with Gasteiger partial charge in [-0.3, -0.25) is 14.3 Å². The third kappa shape index (κ3) is 4.60. The molecule has 36 heavy (non-hydrogen) atoms. The number of aromatic nitrogens is 2. The maximum atomic E-state index is 13.2. The first kappa shape index (κ1) is 23.4. The average Bonchev–Trinajstić information content (AvgIpc) is 3.17. The van der Waals surface area contributed by atoms with Crippen molar-refractivity contribution >= 4 is 17.6 Å². The van der Waals surface area contributed by atoms with Crippen molar-refractivity contribution in [2.45, 2.75) is 32.4 Å². The fraction of sp³-hybridized carbons (Fsp3) is 0.207. The van der Waals surface area contributed by atoms with Gasteiger partial charge in [-0.1, -0.05) is 60.2 Å². The lowest BCUT2D eigenvalue weighted by atomic mass is 9.82. The number of ether oxygens (including phenoxy) is 1. The van der Waals surface area contributed by atoms with Crippen LogP contribution in [0.15, 0.2) is 78.9 Å². The summed E-state index contributed by atoms with van der Waals surface area (Å²) in [5.74, 6) is 0.393. The monoisotopic (exact) mass is 480 g/mol. The summed E-state index contributed by atoms with van der Waals surface area (Å²) < 4.78 is 7.65. The van der Waals surface area contributed by atoms with E-state index in [-0.39, 0.29) is 11.8 Å². The van der Waals surface area contributed by atoms with Gasteiger partial charge in [-0.25, -0.2) is 0 Å². The fourth-order valence-corrected chi connectivity index (χ4v) is 4.65. The Balaban J connectivity index is 1.44. The van der Waals surface area contributed by atoms with Gasteiger partial charge < -0.3 is 15.4 Å². The van der Waals surface area contributed by atoms with Crippen LogP contribution in [-0.4, -0.2) is 27.6 Å². The third-order valence-corrected chi connectivity index (χ3v) is 6.52. The van der Waals surface area contributed by atoms with E-state index in [1.54, 1.807) is 36.0 Å². The highest BCUT2D eigenvalue weighted by atomic mass is 16.5. The smallest absolute Gasteiger partial charge is 0.251 e. The lowest BCUT2D eigenvalue weighted by molar-refractivity contribution is -0.118. The molecule has 4 aromatic rings. The summed E-state index contributed by atoms with van der Waals surface area (Å²) in [4.78, 5) is 26.2. The van der Waals surface area contributed by atoms with Gasteiger partial charge in [0.15, 0.2) is 0 Å². The highest BCUT2D eigenvalue weighted by Gasteiger charge is 2.41. The van der Waals surface area contributed by atoms with Crippen LogP contribution in [0.3, 0.4) is 0 Å². The van der Waals surface area contributed by atoms with Crippen molar-refractivity contribution in [3.63, 3.8) is 0 Å². The topological polar surface area (TPSA) is 85.2 Å². The summed E-state index contributed by atoms with van der Waals surface area (Å²) in [7, 11) is 1.80. The van der Waals surface area contributed by atoms with E-state index in [0.717, 1.165) is 28.1 Å². The van der Waals surface area contributed by atoms with Crippen LogP contribution in [0.25, 0.3) is 0 Å². The Labute approximate surface area is 210 Å². The summed E-state index contributed by atoms with van der Waals surface area (Å²) in [6, 6.07) is 24.0. The van der Waals surface area contributed by atoms with Gasteiger partial charge in [-0.2, -0.15) is 5.10 Å². The van der Waals surface area contributed by atoms with Gasteiger partial charge in [-0.05, 0) is 49.2 Å². The SMILES string of the molecule is Cc1ccc(COc2ccc(C3c4c(C)nn(C)c4NC(=O)C3NC(=O)c3ccccc3)cc2)cc1. The number of fused-ring (bicyclic) bond motifs is 1. The van der Waals surface area contributed by atoms with Crippen LogP contribution in [0.5, 0.6) is 5.75 Å². The van der Waals surface area contributed by atoms with Crippen molar-refractivity contribution in [3.8, 4) is 5.75 Å². The molecule has 0 saturated heterocycles. The van der Waals surface area contributed by atoms with Crippen molar-refractivity contribution < 1.29 is 14.3 Å². The molecule has 3 aromatic carbocycles. The first-order chi connectivity index (χ1) is 17.4. The quantitative estimate of drug-likeness (QED) is 0.426. The summed E-state index contributed by atoms with van der Waals surface area (Å²) in [6.07, 6.45) is 0. The largest absolute Gasteiger partial charge is 0.489 e. The maximum absolute atomic E-state index is 13.2. The number of carbonyl (C=O) groups is 2. The number of anilines is 1. The van der Waals surface area contributed by atoms with Gasteiger partial charge >= 0.3 is 0 Å². The Kier molecular flexibility index (Phi) is 6.29. The van der Waals surface area contributed by atoms with Crippen molar-refractivity contribution in [3.05, 3.63) is 112 Å². The number of hydrogen-bond donors (Lipinski definition) is 2. The fourth-order valence-electron chi connectivity index (χ4n) is 4.65. The molecule has 5 rings (SSSR count). The summed E-state index contributed by atoms with van der Waals surface area (Å²) in [6.45, 7) is 4.44. The molecule has 0 saturated carbocycles. The molecule has 0 aliphatic carbocycles. The first-order valence-electron chi connectivity index (χ1n) is 11.9. The number of benzene rings is 3. The summed E-state index contributed by atoms with van der Waals surface area (Å²) in [5, 5.41) is 10.4. The van der Waals surface area contributed by atoms with Crippen molar-refractivity contribution in [2.75, 3.05) is 5.32 Å². The van der Waals surface area contributed by atoms with Gasteiger partial charge in [0.2, 0.25) is 5.91 Å². The van der Waals surface area contributed by atoms with Crippen LogP contribution in [0.1, 0.15) is 44.2 Å². The van der Waals surface area contributed by atoms with E-state index >= 15 is 0 Å². The molecular formula is C29H28N4O3. The van der Waals surface area contributed by atoms with E-state index in [4.69, 9.17) is 4.74 Å². The number of nitrogens with zero attached hydrogens (tertiary/aromatic N) is 2. The molecule has 2 unspecified atom stereocenters. The highest BCUT2D eigenvalue weighted by Crippen LogP contribution is 2.39. The highest BCUT2D eigenvalue weighted by molar-refractivity contribution is 6.03. The Morgan fingerprint density at radius 1 is 1.00 bits per heavy atom. The number of amides is 2. The number of nitrogens with one attached hydrogen (secondary N) is 2. The standard InChI is InChI=1S/C29H28N4O3/c1-18-9-11-20(12-10-18)17-36-23-15-13-21(14-16-23)25-24-19(2)32-33(3)27(24)31-29(35)26(25)30-28(34)22-7-5-4-6-8-22/h4-16,25-26H,17H2,1-3H3,(H,30,34)(H,31,35). The molecule has 0 fully saturated rings. The van der Waals surface area contributed by atoms with Crippen molar-refractivity contribution in [1.82, 2.24) is 15.1 Å². The van der Waals surface area contributed by atoms with E-state index in [0.29, 0.717) is 18.0 Å². The predicted octanol–water partition coefficient (Wildman–Crippen LogP) is 4.50. The molecule has 182 valence electrons. The minimum absolute atomic E-state index is 0.278. The Morgan fingerprint density at radius 2 is 1.69 bits per heavy atom. The van der Waals surface area contributed by atoms with E-state index < -0.39 is 12.0 Å². The minimum atomic E-state index is -0.799.